The van der Waals surface area contributed by atoms with Gasteiger partial charge in [0.2, 0.25) is 5.91 Å². The molecule has 2 aromatic rings. The average Bonchev–Trinajstić information content (AvgIpc) is 2.78. The fourth-order valence-electron chi connectivity index (χ4n) is 3.67. The molecule has 8 heteroatoms. The number of aryl methyl sites for hydroxylation is 1. The first-order chi connectivity index (χ1) is 16.9. The zero-order chi connectivity index (χ0) is 27.0. The van der Waals surface area contributed by atoms with E-state index < -0.39 is 35.6 Å². The Morgan fingerprint density at radius 3 is 2.25 bits per heavy atom. The molecule has 194 valence electrons. The summed E-state index contributed by atoms with van der Waals surface area (Å²) in [6.45, 7) is 14.4. The van der Waals surface area contributed by atoms with E-state index in [1.807, 2.05) is 19.1 Å². The van der Waals surface area contributed by atoms with Gasteiger partial charge in [0, 0.05) is 17.8 Å². The molecule has 0 spiro atoms. The smallest absolute Gasteiger partial charge is 0.408 e. The van der Waals surface area contributed by atoms with Gasteiger partial charge in [-0.3, -0.25) is 9.59 Å². The minimum atomic E-state index is -1.20. The Kier molecular flexibility index (Phi) is 9.67. The second-order valence-corrected chi connectivity index (χ2v) is 9.91. The number of benzene rings is 2. The molecule has 0 bridgehead atoms. The highest BCUT2D eigenvalue weighted by molar-refractivity contribution is 5.99. The average molecular weight is 496 g/mol. The minimum Gasteiger partial charge on any atom is -0.508 e. The van der Waals surface area contributed by atoms with Crippen molar-refractivity contribution in [2.75, 3.05) is 11.9 Å². The molecule has 0 fully saturated rings. The van der Waals surface area contributed by atoms with Crippen molar-refractivity contribution >= 4 is 23.6 Å². The van der Waals surface area contributed by atoms with Gasteiger partial charge in [-0.1, -0.05) is 56.3 Å². The van der Waals surface area contributed by atoms with Crippen LogP contribution in [0, 0.1) is 12.8 Å². The summed E-state index contributed by atoms with van der Waals surface area (Å²) in [4.78, 5) is 41.4. The Labute approximate surface area is 213 Å². The quantitative estimate of drug-likeness (QED) is 0.427. The first-order valence-corrected chi connectivity index (χ1v) is 11.9. The second-order valence-electron chi connectivity index (χ2n) is 9.91. The number of phenols is 1. The van der Waals surface area contributed by atoms with Crippen LogP contribution in [0.3, 0.4) is 0 Å². The van der Waals surface area contributed by atoms with E-state index >= 15 is 0 Å². The molecule has 0 saturated carbocycles. The van der Waals surface area contributed by atoms with E-state index in [1.165, 1.54) is 17.0 Å². The fourth-order valence-corrected chi connectivity index (χ4v) is 3.67. The first-order valence-electron chi connectivity index (χ1n) is 11.9. The van der Waals surface area contributed by atoms with Crippen LogP contribution in [0.5, 0.6) is 5.75 Å². The summed E-state index contributed by atoms with van der Waals surface area (Å²) in [5.41, 5.74) is 0.927. The first kappa shape index (κ1) is 28.4. The van der Waals surface area contributed by atoms with Crippen LogP contribution in [0.2, 0.25) is 0 Å². The molecular formula is C28H37N3O5. The van der Waals surface area contributed by atoms with Gasteiger partial charge in [-0.05, 0) is 51.3 Å². The number of alkyl carbamates (subject to hydrolysis) is 1. The van der Waals surface area contributed by atoms with Crippen molar-refractivity contribution in [2.24, 2.45) is 5.92 Å². The summed E-state index contributed by atoms with van der Waals surface area (Å²) in [6.07, 6.45) is 0.758. The van der Waals surface area contributed by atoms with Crippen LogP contribution in [-0.2, 0) is 14.3 Å². The molecule has 8 nitrogen and oxygen atoms in total. The number of anilines is 1. The Morgan fingerprint density at radius 1 is 1.08 bits per heavy atom. The molecule has 0 aromatic heterocycles. The number of hydrogen-bond donors (Lipinski definition) is 3. The molecule has 0 saturated heterocycles. The predicted octanol–water partition coefficient (Wildman–Crippen LogP) is 4.94. The van der Waals surface area contributed by atoms with E-state index in [9.17, 15) is 19.5 Å². The van der Waals surface area contributed by atoms with Crippen molar-refractivity contribution in [1.29, 1.82) is 0 Å². The van der Waals surface area contributed by atoms with Gasteiger partial charge in [0.25, 0.3) is 5.91 Å². The van der Waals surface area contributed by atoms with E-state index in [4.69, 9.17) is 4.74 Å². The van der Waals surface area contributed by atoms with Crippen LogP contribution in [-0.4, -0.2) is 46.1 Å². The van der Waals surface area contributed by atoms with Crippen LogP contribution < -0.4 is 10.6 Å². The fraction of sp³-hybridized carbons (Fsp3) is 0.393. The molecule has 2 aromatic carbocycles. The molecule has 0 radical (unpaired) electrons. The molecule has 0 aliphatic heterocycles. The van der Waals surface area contributed by atoms with Crippen molar-refractivity contribution in [3.05, 3.63) is 72.3 Å². The lowest BCUT2D eigenvalue weighted by Crippen LogP contribution is -2.54. The predicted molar refractivity (Wildman–Crippen MR) is 141 cm³/mol. The molecule has 36 heavy (non-hydrogen) atoms. The van der Waals surface area contributed by atoms with E-state index in [0.29, 0.717) is 5.69 Å². The van der Waals surface area contributed by atoms with Gasteiger partial charge >= 0.3 is 6.09 Å². The molecule has 0 aliphatic rings. The maximum atomic E-state index is 13.9. The number of nitrogens with one attached hydrogen (secondary N) is 2. The second kappa shape index (κ2) is 12.2. The van der Waals surface area contributed by atoms with Crippen LogP contribution in [0.15, 0.2) is 61.2 Å². The lowest BCUT2D eigenvalue weighted by molar-refractivity contribution is -0.141. The highest BCUT2D eigenvalue weighted by Crippen LogP contribution is 2.31. The number of amides is 3. The van der Waals surface area contributed by atoms with Crippen LogP contribution in [0.4, 0.5) is 10.5 Å². The molecule has 0 heterocycles. The van der Waals surface area contributed by atoms with Crippen molar-refractivity contribution < 1.29 is 24.2 Å². The van der Waals surface area contributed by atoms with E-state index in [0.717, 1.165) is 5.56 Å². The van der Waals surface area contributed by atoms with Gasteiger partial charge < -0.3 is 25.4 Å². The molecule has 2 atom stereocenters. The summed E-state index contributed by atoms with van der Waals surface area (Å²) in [5.74, 6) is -1.48. The molecule has 2 rings (SSSR count). The number of carbonyl (C=O) groups is 3. The number of ether oxygens (including phenoxy) is 1. The molecule has 0 aliphatic carbocycles. The lowest BCUT2D eigenvalue weighted by Gasteiger charge is -2.35. The number of rotatable bonds is 9. The van der Waals surface area contributed by atoms with Crippen LogP contribution in [0.1, 0.15) is 51.8 Å². The number of carbonyl (C=O) groups excluding carboxylic acids is 3. The highest BCUT2D eigenvalue weighted by Gasteiger charge is 2.38. The molecule has 2 unspecified atom stereocenters. The standard InChI is InChI=1S/C28H37N3O5/c1-8-17-31(26(34)23(18(2)3)30-27(35)36-28(5,6)7)24(20-14-10-12-16-22(20)32)25(33)29-21-15-11-9-13-19(21)4/h8-16,18,23-24,32H,1,17H2,2-7H3,(H,29,33)(H,30,35). The van der Waals surface area contributed by atoms with Crippen molar-refractivity contribution in [1.82, 2.24) is 10.2 Å². The summed E-state index contributed by atoms with van der Waals surface area (Å²) in [7, 11) is 0. The molecular weight excluding hydrogens is 458 g/mol. The van der Waals surface area contributed by atoms with Gasteiger partial charge in [-0.15, -0.1) is 6.58 Å². The topological polar surface area (TPSA) is 108 Å². The SMILES string of the molecule is C=CCN(C(=O)C(NC(=O)OC(C)(C)C)C(C)C)C(C(=O)Nc1ccccc1C)c1ccccc1O. The normalized spacial score (nSPS) is 12.9. The van der Waals surface area contributed by atoms with Gasteiger partial charge in [0.15, 0.2) is 0 Å². The maximum Gasteiger partial charge on any atom is 0.408 e. The zero-order valence-corrected chi connectivity index (χ0v) is 21.9. The van der Waals surface area contributed by atoms with Gasteiger partial charge in [0.05, 0.1) is 0 Å². The third-order valence-electron chi connectivity index (χ3n) is 5.41. The number of aromatic hydroxyl groups is 1. The largest absolute Gasteiger partial charge is 0.508 e. The summed E-state index contributed by atoms with van der Waals surface area (Å²) in [6, 6.07) is 11.4. The Hall–Kier alpha value is -3.81. The lowest BCUT2D eigenvalue weighted by atomic mass is 9.98. The highest BCUT2D eigenvalue weighted by atomic mass is 16.6. The molecule has 3 N–H and O–H groups in total. The summed E-state index contributed by atoms with van der Waals surface area (Å²) >= 11 is 0. The van der Waals surface area contributed by atoms with E-state index in [2.05, 4.69) is 17.2 Å². The number of phenolic OH excluding ortho intramolecular Hbond substituents is 1. The van der Waals surface area contributed by atoms with Crippen molar-refractivity contribution in [2.45, 2.75) is 59.2 Å². The monoisotopic (exact) mass is 495 g/mol. The Balaban J connectivity index is 2.51. The maximum absolute atomic E-state index is 13.9. The zero-order valence-electron chi connectivity index (χ0n) is 21.9. The van der Waals surface area contributed by atoms with E-state index in [1.54, 1.807) is 65.0 Å². The summed E-state index contributed by atoms with van der Waals surface area (Å²) < 4.78 is 5.35. The van der Waals surface area contributed by atoms with Gasteiger partial charge in [-0.25, -0.2) is 4.79 Å². The number of nitrogens with zero attached hydrogens (tertiary/aromatic N) is 1. The number of hydrogen-bond acceptors (Lipinski definition) is 5. The summed E-state index contributed by atoms with van der Waals surface area (Å²) in [5, 5.41) is 16.2. The van der Waals surface area contributed by atoms with Crippen molar-refractivity contribution in [3.8, 4) is 5.75 Å². The Morgan fingerprint density at radius 2 is 1.69 bits per heavy atom. The van der Waals surface area contributed by atoms with E-state index in [-0.39, 0.29) is 23.8 Å². The van der Waals surface area contributed by atoms with Crippen LogP contribution >= 0.6 is 0 Å². The third kappa shape index (κ3) is 7.60. The van der Waals surface area contributed by atoms with Crippen molar-refractivity contribution in [3.63, 3.8) is 0 Å². The van der Waals surface area contributed by atoms with Gasteiger partial charge in [-0.2, -0.15) is 0 Å². The Bertz CT molecular complexity index is 1090. The third-order valence-corrected chi connectivity index (χ3v) is 5.41. The van der Waals surface area contributed by atoms with Crippen LogP contribution in [0.25, 0.3) is 0 Å². The molecule has 3 amide bonds. The minimum absolute atomic E-state index is 0.00174. The number of para-hydroxylation sites is 2. The van der Waals surface area contributed by atoms with Gasteiger partial charge in [0.1, 0.15) is 23.4 Å².